The Bertz CT molecular complexity index is 471. The highest BCUT2D eigenvalue weighted by atomic mass is 19.1. The maximum absolute atomic E-state index is 13.5. The quantitative estimate of drug-likeness (QED) is 0.468. The van der Waals surface area contributed by atoms with Crippen molar-refractivity contribution in [1.29, 1.82) is 5.26 Å². The fourth-order valence-electron chi connectivity index (χ4n) is 1.35. The van der Waals surface area contributed by atoms with Gasteiger partial charge in [0.2, 0.25) is 5.91 Å². The summed E-state index contributed by atoms with van der Waals surface area (Å²) in [7, 11) is 0. The number of rotatable bonds is 5. The maximum atomic E-state index is 13.5. The average Bonchev–Trinajstić information content (AvgIpc) is 2.38. The Morgan fingerprint density at radius 2 is 2.39 bits per heavy atom. The van der Waals surface area contributed by atoms with E-state index in [4.69, 9.17) is 15.8 Å². The zero-order chi connectivity index (χ0) is 13.5. The summed E-state index contributed by atoms with van der Waals surface area (Å²) in [4.78, 5) is 10.9. The Balaban J connectivity index is 2.57. The predicted molar refractivity (Wildman–Crippen MR) is 62.8 cm³/mol. The van der Waals surface area contributed by atoms with Crippen LogP contribution in [0.1, 0.15) is 25.3 Å². The molecule has 96 valence electrons. The number of nitrogens with zero attached hydrogens (tertiary/aromatic N) is 1. The standard InChI is InChI=1S/C12H14FN3O2/c1-8(2-5-12(17)16-15)18-11-4-3-9(7-14)6-10(11)13/h3-4,6,8H,2,5,15H2,1H3,(H,16,17). The molecule has 0 spiro atoms. The first-order chi connectivity index (χ1) is 8.56. The Kier molecular flexibility index (Phi) is 5.08. The number of amides is 1. The highest BCUT2D eigenvalue weighted by Gasteiger charge is 2.11. The third-order valence-electron chi connectivity index (χ3n) is 2.33. The van der Waals surface area contributed by atoms with Gasteiger partial charge < -0.3 is 4.74 Å². The Morgan fingerprint density at radius 3 is 2.94 bits per heavy atom. The van der Waals surface area contributed by atoms with Gasteiger partial charge in [-0.25, -0.2) is 10.2 Å². The number of halogens is 1. The zero-order valence-corrected chi connectivity index (χ0v) is 9.94. The van der Waals surface area contributed by atoms with Gasteiger partial charge in [0.15, 0.2) is 11.6 Å². The summed E-state index contributed by atoms with van der Waals surface area (Å²) >= 11 is 0. The first kappa shape index (κ1) is 13.9. The van der Waals surface area contributed by atoms with Crippen LogP contribution in [0.4, 0.5) is 4.39 Å². The number of nitrogens with one attached hydrogen (secondary N) is 1. The topological polar surface area (TPSA) is 88.1 Å². The van der Waals surface area contributed by atoms with Gasteiger partial charge in [-0.05, 0) is 31.5 Å². The van der Waals surface area contributed by atoms with E-state index < -0.39 is 5.82 Å². The van der Waals surface area contributed by atoms with Gasteiger partial charge in [-0.3, -0.25) is 10.2 Å². The van der Waals surface area contributed by atoms with Crippen molar-refractivity contribution in [1.82, 2.24) is 5.43 Å². The van der Waals surface area contributed by atoms with E-state index in [1.807, 2.05) is 11.5 Å². The summed E-state index contributed by atoms with van der Waals surface area (Å²) in [5.41, 5.74) is 2.24. The van der Waals surface area contributed by atoms with Crippen molar-refractivity contribution in [3.05, 3.63) is 29.6 Å². The number of benzene rings is 1. The summed E-state index contributed by atoms with van der Waals surface area (Å²) in [5, 5.41) is 8.59. The van der Waals surface area contributed by atoms with Crippen LogP contribution < -0.4 is 16.0 Å². The van der Waals surface area contributed by atoms with Crippen LogP contribution in [-0.4, -0.2) is 12.0 Å². The number of carbonyl (C=O) groups is 1. The van der Waals surface area contributed by atoms with Crippen molar-refractivity contribution in [2.24, 2.45) is 5.84 Å². The minimum atomic E-state index is -0.593. The van der Waals surface area contributed by atoms with Crippen LogP contribution in [0.25, 0.3) is 0 Å². The normalized spacial score (nSPS) is 11.4. The van der Waals surface area contributed by atoms with E-state index in [0.717, 1.165) is 6.07 Å². The first-order valence-corrected chi connectivity index (χ1v) is 5.42. The van der Waals surface area contributed by atoms with Crippen molar-refractivity contribution < 1.29 is 13.9 Å². The van der Waals surface area contributed by atoms with Gasteiger partial charge in [-0.1, -0.05) is 0 Å². The highest BCUT2D eigenvalue weighted by Crippen LogP contribution is 2.20. The number of nitrogens with two attached hydrogens (primary N) is 1. The summed E-state index contributed by atoms with van der Waals surface area (Å²) in [5.74, 6) is 4.11. The number of hydrogen-bond donors (Lipinski definition) is 2. The second kappa shape index (κ2) is 6.57. The van der Waals surface area contributed by atoms with E-state index >= 15 is 0 Å². The fraction of sp³-hybridized carbons (Fsp3) is 0.333. The van der Waals surface area contributed by atoms with Crippen LogP contribution >= 0.6 is 0 Å². The number of hydrogen-bond acceptors (Lipinski definition) is 4. The molecule has 0 radical (unpaired) electrons. The third-order valence-corrected chi connectivity index (χ3v) is 2.33. The number of nitriles is 1. The monoisotopic (exact) mass is 251 g/mol. The average molecular weight is 251 g/mol. The van der Waals surface area contributed by atoms with Crippen LogP contribution in [0.15, 0.2) is 18.2 Å². The molecule has 1 rings (SSSR count). The summed E-state index contributed by atoms with van der Waals surface area (Å²) in [6, 6.07) is 5.81. The number of carbonyl (C=O) groups excluding carboxylic acids is 1. The third kappa shape index (κ3) is 4.03. The van der Waals surface area contributed by atoms with Crippen molar-refractivity contribution >= 4 is 5.91 Å². The molecule has 0 aliphatic heterocycles. The lowest BCUT2D eigenvalue weighted by Crippen LogP contribution is -2.30. The molecule has 0 saturated heterocycles. The summed E-state index contributed by atoms with van der Waals surface area (Å²) in [6.45, 7) is 1.72. The molecule has 0 heterocycles. The molecule has 0 aliphatic carbocycles. The molecule has 3 N–H and O–H groups in total. The SMILES string of the molecule is CC(CCC(=O)NN)Oc1ccc(C#N)cc1F. The van der Waals surface area contributed by atoms with E-state index in [2.05, 4.69) is 0 Å². The molecule has 1 aromatic carbocycles. The van der Waals surface area contributed by atoms with Crippen LogP contribution in [0.5, 0.6) is 5.75 Å². The Morgan fingerprint density at radius 1 is 1.67 bits per heavy atom. The number of hydrazine groups is 1. The van der Waals surface area contributed by atoms with Gasteiger partial charge >= 0.3 is 0 Å². The minimum absolute atomic E-state index is 0.0645. The Hall–Kier alpha value is -2.13. The smallest absolute Gasteiger partial charge is 0.234 e. The van der Waals surface area contributed by atoms with Crippen molar-refractivity contribution in [3.8, 4) is 11.8 Å². The highest BCUT2D eigenvalue weighted by molar-refractivity contribution is 5.75. The van der Waals surface area contributed by atoms with E-state index in [0.29, 0.717) is 6.42 Å². The summed E-state index contributed by atoms with van der Waals surface area (Å²) in [6.07, 6.45) is 0.294. The molecule has 1 unspecified atom stereocenters. The van der Waals surface area contributed by atoms with Crippen molar-refractivity contribution in [3.63, 3.8) is 0 Å². The Labute approximate surface area is 104 Å². The molecular formula is C12H14FN3O2. The second-order valence-electron chi connectivity index (χ2n) is 3.79. The van der Waals surface area contributed by atoms with Gasteiger partial charge in [-0.2, -0.15) is 5.26 Å². The van der Waals surface area contributed by atoms with Gasteiger partial charge in [0, 0.05) is 6.42 Å². The molecule has 1 atom stereocenters. The van der Waals surface area contributed by atoms with Crippen LogP contribution in [0.3, 0.4) is 0 Å². The van der Waals surface area contributed by atoms with E-state index in [-0.39, 0.29) is 29.7 Å². The predicted octanol–water partition coefficient (Wildman–Crippen LogP) is 1.23. The first-order valence-electron chi connectivity index (χ1n) is 5.42. The maximum Gasteiger partial charge on any atom is 0.234 e. The van der Waals surface area contributed by atoms with Crippen molar-refractivity contribution in [2.45, 2.75) is 25.9 Å². The molecule has 5 nitrogen and oxygen atoms in total. The molecule has 0 aliphatic rings. The molecule has 1 amide bonds. The molecule has 1 aromatic rings. The van der Waals surface area contributed by atoms with E-state index in [9.17, 15) is 9.18 Å². The van der Waals surface area contributed by atoms with Gasteiger partial charge in [0.1, 0.15) is 0 Å². The lowest BCUT2D eigenvalue weighted by molar-refractivity contribution is -0.121. The van der Waals surface area contributed by atoms with Crippen LogP contribution in [0, 0.1) is 17.1 Å². The second-order valence-corrected chi connectivity index (χ2v) is 3.79. The molecular weight excluding hydrogens is 237 g/mol. The lowest BCUT2D eigenvalue weighted by Gasteiger charge is -2.14. The van der Waals surface area contributed by atoms with Crippen molar-refractivity contribution in [2.75, 3.05) is 0 Å². The van der Waals surface area contributed by atoms with Gasteiger partial charge in [0.25, 0.3) is 0 Å². The molecule has 6 heteroatoms. The fourth-order valence-corrected chi connectivity index (χ4v) is 1.35. The van der Waals surface area contributed by atoms with Crippen LogP contribution in [-0.2, 0) is 4.79 Å². The van der Waals surface area contributed by atoms with Gasteiger partial charge in [0.05, 0.1) is 17.7 Å². The van der Waals surface area contributed by atoms with Gasteiger partial charge in [-0.15, -0.1) is 0 Å². The van der Waals surface area contributed by atoms with Crippen LogP contribution in [0.2, 0.25) is 0 Å². The zero-order valence-electron chi connectivity index (χ0n) is 9.94. The molecule has 0 saturated carbocycles. The largest absolute Gasteiger partial charge is 0.488 e. The van der Waals surface area contributed by atoms with E-state index in [1.165, 1.54) is 12.1 Å². The molecule has 0 aromatic heterocycles. The molecule has 0 bridgehead atoms. The number of ether oxygens (including phenoxy) is 1. The minimum Gasteiger partial charge on any atom is -0.488 e. The van der Waals surface area contributed by atoms with E-state index in [1.54, 1.807) is 6.92 Å². The lowest BCUT2D eigenvalue weighted by atomic mass is 10.2. The molecule has 0 fully saturated rings. The molecule has 18 heavy (non-hydrogen) atoms. The summed E-state index contributed by atoms with van der Waals surface area (Å²) < 4.78 is 18.8.